The monoisotopic (exact) mass is 337 g/mol. The number of hydrogen-bond donors (Lipinski definition) is 0. The zero-order chi connectivity index (χ0) is 18.0. The van der Waals surface area contributed by atoms with Gasteiger partial charge in [-0.3, -0.25) is 0 Å². The summed E-state index contributed by atoms with van der Waals surface area (Å²) in [5, 5.41) is 0. The van der Waals surface area contributed by atoms with E-state index in [1.165, 1.54) is 0 Å². The zero-order valence-electron chi connectivity index (χ0n) is 14.1. The van der Waals surface area contributed by atoms with E-state index in [9.17, 15) is 14.4 Å². The van der Waals surface area contributed by atoms with Crippen molar-refractivity contribution in [2.75, 3.05) is 0 Å². The summed E-state index contributed by atoms with van der Waals surface area (Å²) in [6.07, 6.45) is 0.594. The average molecular weight is 337 g/mol. The van der Waals surface area contributed by atoms with E-state index in [1.807, 2.05) is 6.92 Å². The van der Waals surface area contributed by atoms with Crippen molar-refractivity contribution in [1.82, 2.24) is 13.7 Å². The number of rotatable bonds is 4. The van der Waals surface area contributed by atoms with E-state index in [1.54, 1.807) is 67.6 Å². The maximum atomic E-state index is 13.0. The summed E-state index contributed by atoms with van der Waals surface area (Å²) in [5.41, 5.74) is -1.06. The molecule has 0 saturated heterocycles. The molecular weight excluding hydrogens is 318 g/mol. The second-order valence-corrected chi connectivity index (χ2v) is 5.82. The Morgan fingerprint density at radius 3 is 1.48 bits per heavy atom. The standard InChI is InChI=1S/C19H19N3O3/c1-3-14(2)20-17(23)21(15-10-6-4-7-11-15)19(25)22(18(20)24)16-12-8-5-9-13-16/h4-14H,3H2,1-2H3. The van der Waals surface area contributed by atoms with Crippen LogP contribution < -0.4 is 17.1 Å². The first-order chi connectivity index (χ1) is 12.1. The Kier molecular flexibility index (Phi) is 4.52. The van der Waals surface area contributed by atoms with E-state index in [-0.39, 0.29) is 6.04 Å². The van der Waals surface area contributed by atoms with Gasteiger partial charge in [0.15, 0.2) is 0 Å². The predicted octanol–water partition coefficient (Wildman–Crippen LogP) is 2.12. The molecule has 128 valence electrons. The van der Waals surface area contributed by atoms with Crippen LogP contribution in [0.2, 0.25) is 0 Å². The van der Waals surface area contributed by atoms with Gasteiger partial charge >= 0.3 is 17.1 Å². The largest absolute Gasteiger partial charge is 0.345 e. The first-order valence-electron chi connectivity index (χ1n) is 8.17. The molecule has 0 spiro atoms. The van der Waals surface area contributed by atoms with Crippen molar-refractivity contribution in [2.45, 2.75) is 26.3 Å². The van der Waals surface area contributed by atoms with Crippen molar-refractivity contribution in [2.24, 2.45) is 0 Å². The number of benzene rings is 2. The maximum Gasteiger partial charge on any atom is 0.345 e. The second kappa shape index (κ2) is 6.76. The summed E-state index contributed by atoms with van der Waals surface area (Å²) in [4.78, 5) is 38.8. The maximum absolute atomic E-state index is 13.0. The molecule has 1 aromatic heterocycles. The van der Waals surface area contributed by atoms with Crippen LogP contribution in [0.25, 0.3) is 11.4 Å². The predicted molar refractivity (Wildman–Crippen MR) is 96.9 cm³/mol. The van der Waals surface area contributed by atoms with Crippen molar-refractivity contribution < 1.29 is 0 Å². The first kappa shape index (κ1) is 16.7. The highest BCUT2D eigenvalue weighted by atomic mass is 16.2. The van der Waals surface area contributed by atoms with Crippen molar-refractivity contribution in [3.63, 3.8) is 0 Å². The van der Waals surface area contributed by atoms with Crippen LogP contribution in [0.4, 0.5) is 0 Å². The molecule has 25 heavy (non-hydrogen) atoms. The highest BCUT2D eigenvalue weighted by molar-refractivity contribution is 5.34. The minimum absolute atomic E-state index is 0.328. The molecule has 0 aliphatic heterocycles. The van der Waals surface area contributed by atoms with Crippen molar-refractivity contribution >= 4 is 0 Å². The Morgan fingerprint density at radius 2 is 1.12 bits per heavy atom. The van der Waals surface area contributed by atoms with Crippen LogP contribution in [-0.4, -0.2) is 13.7 Å². The van der Waals surface area contributed by atoms with E-state index in [0.717, 1.165) is 13.7 Å². The van der Waals surface area contributed by atoms with E-state index in [4.69, 9.17) is 0 Å². The van der Waals surface area contributed by atoms with Crippen LogP contribution in [0.15, 0.2) is 75.0 Å². The molecule has 0 radical (unpaired) electrons. The van der Waals surface area contributed by atoms with Gasteiger partial charge in [0.2, 0.25) is 0 Å². The lowest BCUT2D eigenvalue weighted by atomic mass is 10.2. The van der Waals surface area contributed by atoms with Gasteiger partial charge in [0.25, 0.3) is 0 Å². The SMILES string of the molecule is CCC(C)n1c(=O)n(-c2ccccc2)c(=O)n(-c2ccccc2)c1=O. The summed E-state index contributed by atoms with van der Waals surface area (Å²) in [5.74, 6) is 0. The van der Waals surface area contributed by atoms with Gasteiger partial charge in [-0.2, -0.15) is 0 Å². The number of para-hydroxylation sites is 2. The van der Waals surface area contributed by atoms with Crippen molar-refractivity contribution in [1.29, 1.82) is 0 Å². The van der Waals surface area contributed by atoms with Gasteiger partial charge in [0.1, 0.15) is 0 Å². The van der Waals surface area contributed by atoms with Crippen LogP contribution >= 0.6 is 0 Å². The van der Waals surface area contributed by atoms with Crippen LogP contribution in [-0.2, 0) is 0 Å². The quantitative estimate of drug-likeness (QED) is 0.732. The van der Waals surface area contributed by atoms with Crippen LogP contribution in [0, 0.1) is 0 Å². The Balaban J connectivity index is 2.47. The summed E-state index contributed by atoms with van der Waals surface area (Å²) in [7, 11) is 0. The Hall–Kier alpha value is -3.15. The van der Waals surface area contributed by atoms with E-state index < -0.39 is 17.1 Å². The Morgan fingerprint density at radius 1 is 0.720 bits per heavy atom. The van der Waals surface area contributed by atoms with Crippen LogP contribution in [0.5, 0.6) is 0 Å². The second-order valence-electron chi connectivity index (χ2n) is 5.82. The fraction of sp³-hybridized carbons (Fsp3) is 0.211. The third-order valence-corrected chi connectivity index (χ3v) is 4.24. The molecule has 0 fully saturated rings. The molecule has 0 saturated carbocycles. The minimum atomic E-state index is -0.674. The Labute approximate surface area is 144 Å². The molecule has 0 bridgehead atoms. The minimum Gasteiger partial charge on any atom is -0.247 e. The molecule has 3 aromatic rings. The smallest absolute Gasteiger partial charge is 0.247 e. The van der Waals surface area contributed by atoms with E-state index >= 15 is 0 Å². The molecule has 6 heteroatoms. The average Bonchev–Trinajstić information content (AvgIpc) is 2.63. The van der Waals surface area contributed by atoms with Gasteiger partial charge in [-0.05, 0) is 37.6 Å². The fourth-order valence-corrected chi connectivity index (χ4v) is 2.72. The van der Waals surface area contributed by atoms with Gasteiger partial charge in [0, 0.05) is 6.04 Å². The number of aromatic nitrogens is 3. The Bertz CT molecular complexity index is 970. The molecular formula is C19H19N3O3. The normalized spacial score (nSPS) is 12.1. The number of hydrogen-bond acceptors (Lipinski definition) is 3. The molecule has 6 nitrogen and oxygen atoms in total. The molecule has 1 heterocycles. The van der Waals surface area contributed by atoms with E-state index in [0.29, 0.717) is 17.8 Å². The van der Waals surface area contributed by atoms with Gasteiger partial charge in [0.05, 0.1) is 11.4 Å². The summed E-state index contributed by atoms with van der Waals surface area (Å²) < 4.78 is 3.22. The fourth-order valence-electron chi connectivity index (χ4n) is 2.72. The van der Waals surface area contributed by atoms with Gasteiger partial charge in [-0.25, -0.2) is 28.1 Å². The van der Waals surface area contributed by atoms with Gasteiger partial charge in [-0.15, -0.1) is 0 Å². The lowest BCUT2D eigenvalue weighted by Gasteiger charge is -2.17. The molecule has 1 atom stereocenters. The molecule has 3 rings (SSSR count). The molecule has 1 unspecified atom stereocenters. The summed E-state index contributed by atoms with van der Waals surface area (Å²) >= 11 is 0. The lowest BCUT2D eigenvalue weighted by Crippen LogP contribution is -2.54. The van der Waals surface area contributed by atoms with E-state index in [2.05, 4.69) is 0 Å². The molecule has 0 aliphatic rings. The third-order valence-electron chi connectivity index (χ3n) is 4.24. The van der Waals surface area contributed by atoms with Crippen molar-refractivity contribution in [3.05, 3.63) is 92.1 Å². The van der Waals surface area contributed by atoms with Gasteiger partial charge in [-0.1, -0.05) is 43.3 Å². The molecule has 0 N–H and O–H groups in total. The van der Waals surface area contributed by atoms with Crippen LogP contribution in [0.1, 0.15) is 26.3 Å². The summed E-state index contributed by atoms with van der Waals surface area (Å²) in [6, 6.07) is 16.9. The lowest BCUT2D eigenvalue weighted by molar-refractivity contribution is 0.449. The third kappa shape index (κ3) is 2.87. The topological polar surface area (TPSA) is 66.0 Å². The van der Waals surface area contributed by atoms with Crippen molar-refractivity contribution in [3.8, 4) is 11.4 Å². The molecule has 0 aliphatic carbocycles. The molecule has 0 amide bonds. The number of nitrogens with zero attached hydrogens (tertiary/aromatic N) is 3. The zero-order valence-corrected chi connectivity index (χ0v) is 14.1. The highest BCUT2D eigenvalue weighted by Crippen LogP contribution is 2.07. The first-order valence-corrected chi connectivity index (χ1v) is 8.17. The highest BCUT2D eigenvalue weighted by Gasteiger charge is 2.20. The molecule has 2 aromatic carbocycles. The van der Waals surface area contributed by atoms with Gasteiger partial charge < -0.3 is 0 Å². The van der Waals surface area contributed by atoms with Crippen LogP contribution in [0.3, 0.4) is 0 Å². The summed E-state index contributed by atoms with van der Waals surface area (Å²) in [6.45, 7) is 3.68.